The van der Waals surface area contributed by atoms with Crippen LogP contribution in [0.25, 0.3) is 0 Å². The van der Waals surface area contributed by atoms with Gasteiger partial charge in [0.05, 0.1) is 5.60 Å². The third kappa shape index (κ3) is 4.66. The van der Waals surface area contributed by atoms with E-state index in [9.17, 15) is 8.78 Å². The summed E-state index contributed by atoms with van der Waals surface area (Å²) in [5, 5.41) is 3.47. The van der Waals surface area contributed by atoms with Crippen molar-refractivity contribution in [3.63, 3.8) is 0 Å². The Kier molecular flexibility index (Phi) is 5.06. The summed E-state index contributed by atoms with van der Waals surface area (Å²) >= 11 is 0. The first-order valence-corrected chi connectivity index (χ1v) is 7.96. The van der Waals surface area contributed by atoms with Crippen LogP contribution in [0.15, 0.2) is 0 Å². The van der Waals surface area contributed by atoms with Crippen LogP contribution in [0.4, 0.5) is 8.78 Å². The fourth-order valence-corrected chi connectivity index (χ4v) is 3.24. The first-order chi connectivity index (χ1) is 9.31. The van der Waals surface area contributed by atoms with Gasteiger partial charge in [0.25, 0.3) is 6.43 Å². The molecule has 1 N–H and O–H groups in total. The van der Waals surface area contributed by atoms with E-state index < -0.39 is 13.0 Å². The average molecular weight is 289 g/mol. The average Bonchev–Trinajstić information content (AvgIpc) is 3.18. The molecule has 2 nitrogen and oxygen atoms in total. The summed E-state index contributed by atoms with van der Waals surface area (Å²) in [7, 11) is 0. The van der Waals surface area contributed by atoms with Crippen molar-refractivity contribution in [1.82, 2.24) is 5.32 Å². The largest absolute Gasteiger partial charge is 0.368 e. The van der Waals surface area contributed by atoms with Gasteiger partial charge in [-0.05, 0) is 49.9 Å². The van der Waals surface area contributed by atoms with Crippen molar-refractivity contribution in [3.05, 3.63) is 0 Å². The van der Waals surface area contributed by atoms with Crippen LogP contribution >= 0.6 is 0 Å². The maximum absolute atomic E-state index is 12.5. The SMILES string of the molecule is CC(C)(C)C1CCC(CNC2CC2)(OCC(F)F)CC1. The first-order valence-electron chi connectivity index (χ1n) is 7.96. The van der Waals surface area contributed by atoms with E-state index in [4.69, 9.17) is 4.74 Å². The van der Waals surface area contributed by atoms with Gasteiger partial charge in [0.15, 0.2) is 0 Å². The Bertz CT molecular complexity index is 294. The van der Waals surface area contributed by atoms with E-state index in [1.54, 1.807) is 0 Å². The summed E-state index contributed by atoms with van der Waals surface area (Å²) in [6, 6.07) is 0.599. The zero-order valence-electron chi connectivity index (χ0n) is 13.1. The molecular weight excluding hydrogens is 260 g/mol. The molecule has 118 valence electrons. The molecule has 0 aromatic heterocycles. The van der Waals surface area contributed by atoms with Crippen molar-refractivity contribution in [2.45, 2.75) is 77.4 Å². The first kappa shape index (κ1) is 16.2. The van der Waals surface area contributed by atoms with Crippen molar-refractivity contribution < 1.29 is 13.5 Å². The van der Waals surface area contributed by atoms with E-state index in [2.05, 4.69) is 26.1 Å². The second kappa shape index (κ2) is 6.27. The summed E-state index contributed by atoms with van der Waals surface area (Å²) < 4.78 is 30.6. The van der Waals surface area contributed by atoms with E-state index >= 15 is 0 Å². The molecule has 0 spiro atoms. The van der Waals surface area contributed by atoms with Crippen LogP contribution in [0.5, 0.6) is 0 Å². The minimum absolute atomic E-state index is 0.304. The normalized spacial score (nSPS) is 31.8. The molecule has 2 rings (SSSR count). The monoisotopic (exact) mass is 289 g/mol. The van der Waals surface area contributed by atoms with Crippen LogP contribution in [-0.2, 0) is 4.74 Å². The topological polar surface area (TPSA) is 21.3 Å². The standard InChI is InChI=1S/C16H29F2NO/c1-15(2,3)12-6-8-16(9-7-12,20-10-14(17)18)11-19-13-4-5-13/h12-14,19H,4-11H2,1-3H3. The van der Waals surface area contributed by atoms with Crippen molar-refractivity contribution in [2.75, 3.05) is 13.2 Å². The Morgan fingerprint density at radius 1 is 1.15 bits per heavy atom. The summed E-state index contributed by atoms with van der Waals surface area (Å²) in [6.07, 6.45) is 4.04. The van der Waals surface area contributed by atoms with E-state index in [-0.39, 0.29) is 5.60 Å². The van der Waals surface area contributed by atoms with Gasteiger partial charge in [-0.2, -0.15) is 0 Å². The van der Waals surface area contributed by atoms with Gasteiger partial charge >= 0.3 is 0 Å². The Morgan fingerprint density at radius 2 is 1.75 bits per heavy atom. The van der Waals surface area contributed by atoms with Gasteiger partial charge in [-0.25, -0.2) is 8.78 Å². The number of hydrogen-bond acceptors (Lipinski definition) is 2. The second-order valence-electron chi connectivity index (χ2n) is 7.68. The molecule has 0 aromatic rings. The fraction of sp³-hybridized carbons (Fsp3) is 1.00. The van der Waals surface area contributed by atoms with Crippen molar-refractivity contribution in [1.29, 1.82) is 0 Å². The molecule has 0 bridgehead atoms. The van der Waals surface area contributed by atoms with Gasteiger partial charge in [0.2, 0.25) is 0 Å². The molecule has 2 aliphatic rings. The fourth-order valence-electron chi connectivity index (χ4n) is 3.24. The number of nitrogens with one attached hydrogen (secondary N) is 1. The predicted molar refractivity (Wildman–Crippen MR) is 77.1 cm³/mol. The zero-order valence-corrected chi connectivity index (χ0v) is 13.1. The molecule has 0 aromatic carbocycles. The summed E-state index contributed by atoms with van der Waals surface area (Å²) in [5.74, 6) is 0.673. The molecule has 2 aliphatic carbocycles. The Hall–Kier alpha value is -0.220. The highest BCUT2D eigenvalue weighted by atomic mass is 19.3. The van der Waals surface area contributed by atoms with Gasteiger partial charge < -0.3 is 10.1 Å². The molecule has 20 heavy (non-hydrogen) atoms. The molecule has 0 heterocycles. The summed E-state index contributed by atoms with van der Waals surface area (Å²) in [4.78, 5) is 0. The van der Waals surface area contributed by atoms with Crippen molar-refractivity contribution >= 4 is 0 Å². The molecule has 0 saturated heterocycles. The third-order valence-electron chi connectivity index (χ3n) is 4.93. The predicted octanol–water partition coefficient (Wildman–Crippen LogP) is 4.00. The molecule has 0 unspecified atom stereocenters. The molecule has 4 heteroatoms. The van der Waals surface area contributed by atoms with Crippen LogP contribution in [0.2, 0.25) is 0 Å². The number of halogens is 2. The molecule has 2 fully saturated rings. The highest BCUT2D eigenvalue weighted by molar-refractivity contribution is 4.94. The van der Waals surface area contributed by atoms with E-state index in [0.717, 1.165) is 32.2 Å². The van der Waals surface area contributed by atoms with Crippen LogP contribution in [0, 0.1) is 11.3 Å². The highest BCUT2D eigenvalue weighted by Gasteiger charge is 2.40. The highest BCUT2D eigenvalue weighted by Crippen LogP contribution is 2.43. The lowest BCUT2D eigenvalue weighted by molar-refractivity contribution is -0.116. The van der Waals surface area contributed by atoms with E-state index in [0.29, 0.717) is 17.4 Å². The van der Waals surface area contributed by atoms with Crippen molar-refractivity contribution in [2.24, 2.45) is 11.3 Å². The lowest BCUT2D eigenvalue weighted by Crippen LogP contribution is -2.48. The third-order valence-corrected chi connectivity index (χ3v) is 4.93. The minimum Gasteiger partial charge on any atom is -0.368 e. The van der Waals surface area contributed by atoms with E-state index in [1.165, 1.54) is 12.8 Å². The molecule has 0 radical (unpaired) electrons. The van der Waals surface area contributed by atoms with E-state index in [1.807, 2.05) is 0 Å². The lowest BCUT2D eigenvalue weighted by Gasteiger charge is -2.44. The number of ether oxygens (including phenoxy) is 1. The van der Waals surface area contributed by atoms with Gasteiger partial charge in [-0.15, -0.1) is 0 Å². The zero-order chi connectivity index (χ0) is 14.8. The Morgan fingerprint density at radius 3 is 2.20 bits per heavy atom. The summed E-state index contributed by atoms with van der Waals surface area (Å²) in [5.41, 5.74) is -0.0560. The minimum atomic E-state index is -2.37. The van der Waals surface area contributed by atoms with Crippen LogP contribution in [-0.4, -0.2) is 31.2 Å². The lowest BCUT2D eigenvalue weighted by atomic mass is 9.68. The number of alkyl halides is 2. The Labute approximate surface area is 121 Å². The second-order valence-corrected chi connectivity index (χ2v) is 7.68. The van der Waals surface area contributed by atoms with Gasteiger partial charge in [0.1, 0.15) is 6.61 Å². The molecule has 2 saturated carbocycles. The van der Waals surface area contributed by atoms with Crippen LogP contribution in [0.1, 0.15) is 59.3 Å². The van der Waals surface area contributed by atoms with Gasteiger partial charge in [0, 0.05) is 12.6 Å². The molecule has 0 atom stereocenters. The maximum Gasteiger partial charge on any atom is 0.261 e. The van der Waals surface area contributed by atoms with Gasteiger partial charge in [-0.3, -0.25) is 0 Å². The van der Waals surface area contributed by atoms with Gasteiger partial charge in [-0.1, -0.05) is 20.8 Å². The summed E-state index contributed by atoms with van der Waals surface area (Å²) in [6.45, 7) is 7.13. The number of hydrogen-bond donors (Lipinski definition) is 1. The van der Waals surface area contributed by atoms with Crippen LogP contribution in [0.3, 0.4) is 0 Å². The smallest absolute Gasteiger partial charge is 0.261 e. The molecular formula is C16H29F2NO. The van der Waals surface area contributed by atoms with Crippen LogP contribution < -0.4 is 5.32 Å². The van der Waals surface area contributed by atoms with Crippen molar-refractivity contribution in [3.8, 4) is 0 Å². The molecule has 0 aliphatic heterocycles. The maximum atomic E-state index is 12.5. The number of rotatable bonds is 6. The Balaban J connectivity index is 1.89. The molecule has 0 amide bonds. The quantitative estimate of drug-likeness (QED) is 0.798.